The summed E-state index contributed by atoms with van der Waals surface area (Å²) in [6, 6.07) is 2.04. The number of aryl methyl sites for hydroxylation is 1. The van der Waals surface area contributed by atoms with Gasteiger partial charge in [-0.15, -0.1) is 0 Å². The molecule has 1 saturated heterocycles. The Morgan fingerprint density at radius 2 is 2.35 bits per heavy atom. The predicted octanol–water partition coefficient (Wildman–Crippen LogP) is 1.02. The zero-order valence-electron chi connectivity index (χ0n) is 11.8. The lowest BCUT2D eigenvalue weighted by molar-refractivity contribution is -0.117. The zero-order valence-corrected chi connectivity index (χ0v) is 11.8. The molecule has 1 unspecified atom stereocenters. The van der Waals surface area contributed by atoms with Crippen LogP contribution in [0.25, 0.3) is 0 Å². The number of carbonyl (C=O) groups excluding carboxylic acids is 1. The molecular formula is C14H19N3O3. The first-order valence-corrected chi connectivity index (χ1v) is 6.68. The van der Waals surface area contributed by atoms with Crippen LogP contribution in [0.3, 0.4) is 0 Å². The molecule has 1 aromatic rings. The third-order valence-electron chi connectivity index (χ3n) is 3.75. The van der Waals surface area contributed by atoms with Crippen molar-refractivity contribution in [3.05, 3.63) is 16.9 Å². The van der Waals surface area contributed by atoms with Crippen LogP contribution in [0.15, 0.2) is 4.42 Å². The number of rotatable bonds is 4. The van der Waals surface area contributed by atoms with Crippen molar-refractivity contribution >= 4 is 11.8 Å². The van der Waals surface area contributed by atoms with Crippen LogP contribution in [-0.4, -0.2) is 42.2 Å². The van der Waals surface area contributed by atoms with Crippen molar-refractivity contribution in [2.45, 2.75) is 20.3 Å². The van der Waals surface area contributed by atoms with Crippen LogP contribution in [0.1, 0.15) is 23.3 Å². The lowest BCUT2D eigenvalue weighted by Gasteiger charge is -2.14. The Labute approximate surface area is 118 Å². The zero-order chi connectivity index (χ0) is 14.7. The summed E-state index contributed by atoms with van der Waals surface area (Å²) in [7, 11) is 0. The van der Waals surface area contributed by atoms with E-state index >= 15 is 0 Å². The fourth-order valence-electron chi connectivity index (χ4n) is 2.42. The quantitative estimate of drug-likeness (QED) is 0.857. The van der Waals surface area contributed by atoms with Crippen LogP contribution in [-0.2, 0) is 4.79 Å². The molecule has 2 heterocycles. The molecule has 1 aromatic heterocycles. The van der Waals surface area contributed by atoms with Gasteiger partial charge in [0.05, 0.1) is 6.54 Å². The maximum atomic E-state index is 12.0. The minimum atomic E-state index is -0.200. The van der Waals surface area contributed by atoms with Crippen molar-refractivity contribution in [1.29, 1.82) is 5.26 Å². The van der Waals surface area contributed by atoms with Crippen molar-refractivity contribution in [3.63, 3.8) is 0 Å². The van der Waals surface area contributed by atoms with E-state index in [4.69, 9.17) is 14.8 Å². The van der Waals surface area contributed by atoms with Crippen molar-refractivity contribution in [2.24, 2.45) is 5.92 Å². The van der Waals surface area contributed by atoms with Gasteiger partial charge in [-0.25, -0.2) is 0 Å². The molecule has 2 rings (SSSR count). The summed E-state index contributed by atoms with van der Waals surface area (Å²) in [6.07, 6.45) is 0.909. The highest BCUT2D eigenvalue weighted by molar-refractivity contribution is 5.92. The molecule has 6 heteroatoms. The smallest absolute Gasteiger partial charge is 0.240 e. The molecule has 2 N–H and O–H groups in total. The van der Waals surface area contributed by atoms with Crippen molar-refractivity contribution in [2.75, 3.05) is 31.6 Å². The van der Waals surface area contributed by atoms with Crippen LogP contribution in [0.4, 0.5) is 5.88 Å². The molecule has 0 bridgehead atoms. The third-order valence-corrected chi connectivity index (χ3v) is 3.75. The highest BCUT2D eigenvalue weighted by Gasteiger charge is 2.24. The normalized spacial score (nSPS) is 19.0. The number of nitrogens with zero attached hydrogens (tertiary/aromatic N) is 2. The number of hydrogen-bond donors (Lipinski definition) is 2. The molecule has 1 aliphatic rings. The first kappa shape index (κ1) is 14.6. The van der Waals surface area contributed by atoms with Gasteiger partial charge in [0.15, 0.2) is 0 Å². The average molecular weight is 277 g/mol. The second-order valence-corrected chi connectivity index (χ2v) is 5.22. The van der Waals surface area contributed by atoms with E-state index in [2.05, 4.69) is 5.32 Å². The maximum Gasteiger partial charge on any atom is 0.240 e. The molecule has 0 spiro atoms. The molecule has 0 radical (unpaired) electrons. The number of hydrogen-bond acceptors (Lipinski definition) is 5. The summed E-state index contributed by atoms with van der Waals surface area (Å²) in [6.45, 7) is 5.50. The summed E-state index contributed by atoms with van der Waals surface area (Å²) < 4.78 is 5.40. The Hall–Kier alpha value is -1.84. The third kappa shape index (κ3) is 3.00. The van der Waals surface area contributed by atoms with E-state index in [1.165, 1.54) is 0 Å². The largest absolute Gasteiger partial charge is 0.444 e. The van der Waals surface area contributed by atoms with Gasteiger partial charge in [0, 0.05) is 18.7 Å². The number of likely N-dealkylation sites (tertiary alicyclic amines) is 1. The van der Waals surface area contributed by atoms with Crippen LogP contribution in [0, 0.1) is 31.1 Å². The van der Waals surface area contributed by atoms with E-state index in [1.807, 2.05) is 11.0 Å². The van der Waals surface area contributed by atoms with E-state index in [1.54, 1.807) is 13.8 Å². The molecule has 6 nitrogen and oxygen atoms in total. The minimum Gasteiger partial charge on any atom is -0.444 e. The number of nitrogens with one attached hydrogen (secondary N) is 1. The lowest BCUT2D eigenvalue weighted by atomic mass is 10.1. The number of amides is 1. The molecular weight excluding hydrogens is 258 g/mol. The van der Waals surface area contributed by atoms with Crippen molar-refractivity contribution < 1.29 is 14.3 Å². The highest BCUT2D eigenvalue weighted by Crippen LogP contribution is 2.25. The Morgan fingerprint density at radius 1 is 1.60 bits per heavy atom. The predicted molar refractivity (Wildman–Crippen MR) is 73.2 cm³/mol. The van der Waals surface area contributed by atoms with Gasteiger partial charge in [0.1, 0.15) is 17.4 Å². The van der Waals surface area contributed by atoms with Gasteiger partial charge in [-0.05, 0) is 32.7 Å². The Bertz CT molecular complexity index is 545. The molecule has 0 aliphatic carbocycles. The van der Waals surface area contributed by atoms with Crippen molar-refractivity contribution in [1.82, 2.24) is 4.90 Å². The Morgan fingerprint density at radius 3 is 2.95 bits per heavy atom. The van der Waals surface area contributed by atoms with Gasteiger partial charge in [0.25, 0.3) is 0 Å². The van der Waals surface area contributed by atoms with E-state index in [0.717, 1.165) is 25.1 Å². The lowest BCUT2D eigenvalue weighted by Crippen LogP contribution is -2.32. The van der Waals surface area contributed by atoms with E-state index in [0.29, 0.717) is 11.3 Å². The van der Waals surface area contributed by atoms with E-state index in [-0.39, 0.29) is 30.9 Å². The first-order chi connectivity index (χ1) is 9.55. The number of anilines is 1. The molecule has 1 aliphatic heterocycles. The summed E-state index contributed by atoms with van der Waals surface area (Å²) in [5, 5.41) is 20.8. The van der Waals surface area contributed by atoms with Crippen LogP contribution < -0.4 is 5.32 Å². The summed E-state index contributed by atoms with van der Waals surface area (Å²) >= 11 is 0. The molecule has 20 heavy (non-hydrogen) atoms. The fraction of sp³-hybridized carbons (Fsp3) is 0.571. The topological polar surface area (TPSA) is 89.5 Å². The minimum absolute atomic E-state index is 0.160. The van der Waals surface area contributed by atoms with Gasteiger partial charge in [-0.3, -0.25) is 15.0 Å². The average Bonchev–Trinajstić information content (AvgIpc) is 2.95. The van der Waals surface area contributed by atoms with Gasteiger partial charge >= 0.3 is 0 Å². The number of aliphatic hydroxyl groups excluding tert-OH is 1. The Kier molecular flexibility index (Phi) is 4.42. The number of nitriles is 1. The standard InChI is InChI=1S/C14H19N3O3/c1-9-10(2)20-14(12(9)5-15)16-13(19)7-17-4-3-11(6-17)8-18/h11,18H,3-4,6-8H2,1-2H3,(H,16,19). The second kappa shape index (κ2) is 6.07. The molecule has 0 saturated carbocycles. The molecule has 1 amide bonds. The van der Waals surface area contributed by atoms with Gasteiger partial charge in [0.2, 0.25) is 11.8 Å². The monoisotopic (exact) mass is 277 g/mol. The molecule has 0 aromatic carbocycles. The summed E-state index contributed by atoms with van der Waals surface area (Å²) in [4.78, 5) is 14.0. The fourth-order valence-corrected chi connectivity index (χ4v) is 2.42. The van der Waals surface area contributed by atoms with Crippen LogP contribution in [0.2, 0.25) is 0 Å². The SMILES string of the molecule is Cc1oc(NC(=O)CN2CCC(CO)C2)c(C#N)c1C. The first-order valence-electron chi connectivity index (χ1n) is 6.68. The highest BCUT2D eigenvalue weighted by atomic mass is 16.4. The van der Waals surface area contributed by atoms with Gasteiger partial charge in [-0.2, -0.15) is 5.26 Å². The van der Waals surface area contributed by atoms with Gasteiger partial charge in [-0.1, -0.05) is 0 Å². The maximum absolute atomic E-state index is 12.0. The Balaban J connectivity index is 1.96. The molecule has 108 valence electrons. The number of furan rings is 1. The van der Waals surface area contributed by atoms with Gasteiger partial charge < -0.3 is 9.52 Å². The van der Waals surface area contributed by atoms with Crippen molar-refractivity contribution in [3.8, 4) is 6.07 Å². The van der Waals surface area contributed by atoms with Crippen LogP contribution in [0.5, 0.6) is 0 Å². The second-order valence-electron chi connectivity index (χ2n) is 5.22. The van der Waals surface area contributed by atoms with E-state index in [9.17, 15) is 4.79 Å². The van der Waals surface area contributed by atoms with Crippen LogP contribution >= 0.6 is 0 Å². The van der Waals surface area contributed by atoms with E-state index < -0.39 is 0 Å². The summed E-state index contributed by atoms with van der Waals surface area (Å²) in [5.74, 6) is 0.920. The summed E-state index contributed by atoms with van der Waals surface area (Å²) in [5.41, 5.74) is 1.13. The molecule has 1 atom stereocenters. The number of carbonyl (C=O) groups is 1. The number of aliphatic hydroxyl groups is 1. The molecule has 1 fully saturated rings.